The van der Waals surface area contributed by atoms with Gasteiger partial charge in [-0.1, -0.05) is 35.9 Å². The first-order valence-electron chi connectivity index (χ1n) is 6.50. The molecule has 0 saturated heterocycles. The number of benzene rings is 2. The van der Waals surface area contributed by atoms with Crippen LogP contribution in [0.5, 0.6) is 0 Å². The summed E-state index contributed by atoms with van der Waals surface area (Å²) in [4.78, 5) is 2.11. The Kier molecular flexibility index (Phi) is 5.12. The fraction of sp³-hybridized carbons (Fsp3) is 0.250. The Balaban J connectivity index is 2.13. The maximum Gasteiger partial charge on any atom is 0.123 e. The summed E-state index contributed by atoms with van der Waals surface area (Å²) in [5.41, 5.74) is 7.89. The van der Waals surface area contributed by atoms with E-state index in [1.807, 2.05) is 37.4 Å². The number of likely N-dealkylation sites (N-methyl/N-ethyl adjacent to an activating group) is 1. The largest absolute Gasteiger partial charge is 0.329 e. The average Bonchev–Trinajstić information content (AvgIpc) is 2.42. The van der Waals surface area contributed by atoms with Gasteiger partial charge in [-0.3, -0.25) is 4.90 Å². The van der Waals surface area contributed by atoms with Gasteiger partial charge in [0.15, 0.2) is 0 Å². The molecule has 2 aromatic carbocycles. The number of nitrogens with zero attached hydrogens (tertiary/aromatic N) is 1. The van der Waals surface area contributed by atoms with E-state index in [0.717, 1.165) is 22.7 Å². The molecule has 1 atom stereocenters. The second kappa shape index (κ2) is 6.84. The molecule has 0 radical (unpaired) electrons. The summed E-state index contributed by atoms with van der Waals surface area (Å²) in [6.45, 7) is 1.17. The molecule has 0 aliphatic rings. The number of hydrogen-bond acceptors (Lipinski definition) is 2. The molecule has 2 nitrogen and oxygen atoms in total. The van der Waals surface area contributed by atoms with Gasteiger partial charge in [-0.15, -0.1) is 0 Å². The first-order chi connectivity index (χ1) is 9.60. The summed E-state index contributed by atoms with van der Waals surface area (Å²) < 4.78 is 13.3. The van der Waals surface area contributed by atoms with Crippen molar-refractivity contribution in [2.75, 3.05) is 13.6 Å². The summed E-state index contributed by atoms with van der Waals surface area (Å²) in [7, 11) is 1.98. The van der Waals surface area contributed by atoms with Crippen molar-refractivity contribution in [2.45, 2.75) is 12.6 Å². The van der Waals surface area contributed by atoms with Crippen LogP contribution in [0.15, 0.2) is 48.5 Å². The molecular formula is C16H18ClFN2. The molecule has 20 heavy (non-hydrogen) atoms. The Morgan fingerprint density at radius 3 is 2.50 bits per heavy atom. The molecular weight excluding hydrogens is 275 g/mol. The molecule has 0 aliphatic heterocycles. The monoisotopic (exact) mass is 292 g/mol. The van der Waals surface area contributed by atoms with Crippen LogP contribution in [0, 0.1) is 5.82 Å². The zero-order valence-corrected chi connectivity index (χ0v) is 12.1. The van der Waals surface area contributed by atoms with Gasteiger partial charge in [-0.05, 0) is 42.4 Å². The third kappa shape index (κ3) is 3.79. The zero-order valence-electron chi connectivity index (χ0n) is 11.4. The highest BCUT2D eigenvalue weighted by Crippen LogP contribution is 2.21. The van der Waals surface area contributed by atoms with Crippen LogP contribution in [0.4, 0.5) is 4.39 Å². The Hall–Kier alpha value is -1.42. The number of rotatable bonds is 5. The normalized spacial score (nSPS) is 12.7. The molecule has 0 amide bonds. The minimum Gasteiger partial charge on any atom is -0.329 e. The van der Waals surface area contributed by atoms with Crippen LogP contribution in [0.2, 0.25) is 5.02 Å². The molecule has 0 aromatic heterocycles. The standard InChI is InChI=1S/C16H18ClFN2/c1-20(11-12-5-7-14(17)8-6-12)16(10-19)13-3-2-4-15(18)9-13/h2-9,16H,10-11,19H2,1H3. The minimum absolute atomic E-state index is 0.0126. The van der Waals surface area contributed by atoms with Gasteiger partial charge >= 0.3 is 0 Å². The molecule has 0 spiro atoms. The molecule has 0 heterocycles. The van der Waals surface area contributed by atoms with Crippen molar-refractivity contribution in [3.63, 3.8) is 0 Å². The first kappa shape index (κ1) is 15.0. The maximum atomic E-state index is 13.3. The molecule has 1 unspecified atom stereocenters. The number of halogens is 2. The van der Waals surface area contributed by atoms with Crippen LogP contribution in [0.25, 0.3) is 0 Å². The average molecular weight is 293 g/mol. The molecule has 4 heteroatoms. The lowest BCUT2D eigenvalue weighted by atomic mass is 10.0. The van der Waals surface area contributed by atoms with E-state index in [0.29, 0.717) is 6.54 Å². The quantitative estimate of drug-likeness (QED) is 0.912. The zero-order chi connectivity index (χ0) is 14.5. The summed E-state index contributed by atoms with van der Waals surface area (Å²) in [6, 6.07) is 14.3. The maximum absolute atomic E-state index is 13.3. The van der Waals surface area contributed by atoms with Crippen LogP contribution >= 0.6 is 11.6 Å². The molecule has 2 aromatic rings. The second-order valence-corrected chi connectivity index (χ2v) is 5.28. The van der Waals surface area contributed by atoms with Gasteiger partial charge in [-0.2, -0.15) is 0 Å². The fourth-order valence-corrected chi connectivity index (χ4v) is 2.40. The van der Waals surface area contributed by atoms with Crippen molar-refractivity contribution in [3.8, 4) is 0 Å². The van der Waals surface area contributed by atoms with E-state index in [-0.39, 0.29) is 11.9 Å². The van der Waals surface area contributed by atoms with E-state index in [9.17, 15) is 4.39 Å². The summed E-state index contributed by atoms with van der Waals surface area (Å²) >= 11 is 5.88. The molecule has 0 bridgehead atoms. The lowest BCUT2D eigenvalue weighted by Crippen LogP contribution is -2.30. The Bertz CT molecular complexity index is 557. The molecule has 0 saturated carbocycles. The highest BCUT2D eigenvalue weighted by Gasteiger charge is 2.16. The van der Waals surface area contributed by atoms with Gasteiger partial charge in [0, 0.05) is 24.2 Å². The minimum atomic E-state index is -0.235. The van der Waals surface area contributed by atoms with Gasteiger partial charge in [0.1, 0.15) is 5.82 Å². The van der Waals surface area contributed by atoms with Crippen molar-refractivity contribution in [1.29, 1.82) is 0 Å². The Morgan fingerprint density at radius 2 is 1.90 bits per heavy atom. The van der Waals surface area contributed by atoms with Crippen molar-refractivity contribution < 1.29 is 4.39 Å². The smallest absolute Gasteiger partial charge is 0.123 e. The Labute approximate surface area is 124 Å². The van der Waals surface area contributed by atoms with Crippen LogP contribution < -0.4 is 5.73 Å². The SMILES string of the molecule is CN(Cc1ccc(Cl)cc1)C(CN)c1cccc(F)c1. The van der Waals surface area contributed by atoms with E-state index in [1.54, 1.807) is 6.07 Å². The first-order valence-corrected chi connectivity index (χ1v) is 6.88. The van der Waals surface area contributed by atoms with E-state index in [1.165, 1.54) is 12.1 Å². The van der Waals surface area contributed by atoms with Crippen molar-refractivity contribution in [1.82, 2.24) is 4.90 Å². The molecule has 0 aliphatic carbocycles. The van der Waals surface area contributed by atoms with Crippen molar-refractivity contribution >= 4 is 11.6 Å². The van der Waals surface area contributed by atoms with Gasteiger partial charge in [0.05, 0.1) is 0 Å². The van der Waals surface area contributed by atoms with Crippen LogP contribution in [-0.2, 0) is 6.54 Å². The third-order valence-electron chi connectivity index (χ3n) is 3.33. The van der Waals surface area contributed by atoms with Crippen molar-refractivity contribution in [3.05, 3.63) is 70.5 Å². The number of nitrogens with two attached hydrogens (primary N) is 1. The lowest BCUT2D eigenvalue weighted by Gasteiger charge is -2.27. The van der Waals surface area contributed by atoms with Gasteiger partial charge in [0.25, 0.3) is 0 Å². The predicted octanol–water partition coefficient (Wildman–Crippen LogP) is 3.61. The highest BCUT2D eigenvalue weighted by molar-refractivity contribution is 6.30. The molecule has 106 valence electrons. The molecule has 2 rings (SSSR count). The van der Waals surface area contributed by atoms with Crippen LogP contribution in [-0.4, -0.2) is 18.5 Å². The van der Waals surface area contributed by atoms with Gasteiger partial charge < -0.3 is 5.73 Å². The van der Waals surface area contributed by atoms with E-state index in [2.05, 4.69) is 4.90 Å². The number of hydrogen-bond donors (Lipinski definition) is 1. The van der Waals surface area contributed by atoms with E-state index in [4.69, 9.17) is 17.3 Å². The molecule has 2 N–H and O–H groups in total. The van der Waals surface area contributed by atoms with E-state index >= 15 is 0 Å². The second-order valence-electron chi connectivity index (χ2n) is 4.85. The van der Waals surface area contributed by atoms with Crippen molar-refractivity contribution in [2.24, 2.45) is 5.73 Å². The van der Waals surface area contributed by atoms with Crippen LogP contribution in [0.1, 0.15) is 17.2 Å². The van der Waals surface area contributed by atoms with Gasteiger partial charge in [0.2, 0.25) is 0 Å². The Morgan fingerprint density at radius 1 is 1.20 bits per heavy atom. The fourth-order valence-electron chi connectivity index (χ4n) is 2.27. The summed E-state index contributed by atoms with van der Waals surface area (Å²) in [6.07, 6.45) is 0. The van der Waals surface area contributed by atoms with Gasteiger partial charge in [-0.25, -0.2) is 4.39 Å². The lowest BCUT2D eigenvalue weighted by molar-refractivity contribution is 0.241. The van der Waals surface area contributed by atoms with E-state index < -0.39 is 0 Å². The van der Waals surface area contributed by atoms with Crippen LogP contribution in [0.3, 0.4) is 0 Å². The highest BCUT2D eigenvalue weighted by atomic mass is 35.5. The topological polar surface area (TPSA) is 29.3 Å². The predicted molar refractivity (Wildman–Crippen MR) is 81.1 cm³/mol. The summed E-state index contributed by atoms with van der Waals surface area (Å²) in [5, 5.41) is 0.719. The third-order valence-corrected chi connectivity index (χ3v) is 3.59. The summed E-state index contributed by atoms with van der Waals surface area (Å²) in [5.74, 6) is -0.235. The molecule has 0 fully saturated rings.